The molecular weight excluding hydrogens is 271 g/mol. The molecule has 0 atom stereocenters. The lowest BCUT2D eigenvalue weighted by atomic mass is 10.3. The number of rotatable bonds is 3. The van der Waals surface area contributed by atoms with Crippen LogP contribution in [0.15, 0.2) is 55.0 Å². The predicted octanol–water partition coefficient (Wildman–Crippen LogP) is 2.16. The van der Waals surface area contributed by atoms with Crippen LogP contribution in [0.5, 0.6) is 0 Å². The van der Waals surface area contributed by atoms with E-state index < -0.39 is 0 Å². The summed E-state index contributed by atoms with van der Waals surface area (Å²) in [5.41, 5.74) is 0.965. The Hall–Kier alpha value is -2.89. The molecule has 1 N–H and O–H groups in total. The zero-order chi connectivity index (χ0) is 14.8. The summed E-state index contributed by atoms with van der Waals surface area (Å²) in [5.74, 6) is -0.0470. The number of nitrogens with zero attached hydrogens (tertiary/aromatic N) is 3. The van der Waals surface area contributed by atoms with Crippen molar-refractivity contribution >= 4 is 5.91 Å². The van der Waals surface area contributed by atoms with Gasteiger partial charge in [-0.1, -0.05) is 6.07 Å². The fraction of sp³-hybridized carbons (Fsp3) is 0.0667. The van der Waals surface area contributed by atoms with Crippen molar-refractivity contribution in [1.29, 1.82) is 0 Å². The van der Waals surface area contributed by atoms with Gasteiger partial charge in [0.05, 0.1) is 11.9 Å². The number of hydrogen-bond acceptors (Lipinski definition) is 2. The van der Waals surface area contributed by atoms with Crippen LogP contribution in [0.2, 0.25) is 0 Å². The first-order chi connectivity index (χ1) is 10.2. The second-order valence-electron chi connectivity index (χ2n) is 4.44. The molecule has 3 aromatic rings. The highest BCUT2D eigenvalue weighted by Crippen LogP contribution is 2.20. The average Bonchev–Trinajstić information content (AvgIpc) is 3.15. The Balaban J connectivity index is 2.22. The molecule has 0 saturated carbocycles. The summed E-state index contributed by atoms with van der Waals surface area (Å²) in [7, 11) is 1.56. The molecule has 21 heavy (non-hydrogen) atoms. The van der Waals surface area contributed by atoms with Crippen molar-refractivity contribution in [1.82, 2.24) is 19.7 Å². The van der Waals surface area contributed by atoms with Gasteiger partial charge < -0.3 is 9.88 Å². The van der Waals surface area contributed by atoms with Crippen molar-refractivity contribution in [2.75, 3.05) is 7.05 Å². The molecule has 6 heteroatoms. The zero-order valence-corrected chi connectivity index (χ0v) is 11.3. The van der Waals surface area contributed by atoms with Crippen LogP contribution in [0.25, 0.3) is 11.5 Å². The standard InChI is InChI=1S/C15H13FN4O/c1-17-14(21)13-10-18-20(12-6-4-5-11(16)9-12)15(13)19-7-2-3-8-19/h2-10H,1H3,(H,17,21). The minimum absolute atomic E-state index is 0.249. The van der Waals surface area contributed by atoms with Crippen LogP contribution in [0.4, 0.5) is 4.39 Å². The van der Waals surface area contributed by atoms with Crippen molar-refractivity contribution < 1.29 is 9.18 Å². The second-order valence-corrected chi connectivity index (χ2v) is 4.44. The number of carbonyl (C=O) groups excluding carboxylic acids is 1. The molecule has 0 bridgehead atoms. The first-order valence-corrected chi connectivity index (χ1v) is 6.40. The van der Waals surface area contributed by atoms with Gasteiger partial charge in [0.15, 0.2) is 5.82 Å². The summed E-state index contributed by atoms with van der Waals surface area (Å²) < 4.78 is 16.7. The molecule has 106 valence electrons. The largest absolute Gasteiger partial charge is 0.355 e. The smallest absolute Gasteiger partial charge is 0.256 e. The molecule has 0 radical (unpaired) electrons. The Morgan fingerprint density at radius 2 is 2.00 bits per heavy atom. The lowest BCUT2D eigenvalue weighted by Gasteiger charge is -2.10. The van der Waals surface area contributed by atoms with Gasteiger partial charge in [0.25, 0.3) is 5.91 Å². The van der Waals surface area contributed by atoms with E-state index in [2.05, 4.69) is 10.4 Å². The zero-order valence-electron chi connectivity index (χ0n) is 11.3. The van der Waals surface area contributed by atoms with Crippen molar-refractivity contribution in [2.45, 2.75) is 0 Å². The maximum absolute atomic E-state index is 13.4. The summed E-state index contributed by atoms with van der Waals surface area (Å²) in [4.78, 5) is 12.0. The van der Waals surface area contributed by atoms with E-state index in [-0.39, 0.29) is 11.7 Å². The van der Waals surface area contributed by atoms with Crippen LogP contribution in [-0.4, -0.2) is 27.3 Å². The maximum atomic E-state index is 13.4. The summed E-state index contributed by atoms with van der Waals surface area (Å²) >= 11 is 0. The summed E-state index contributed by atoms with van der Waals surface area (Å²) in [6.07, 6.45) is 5.08. The molecule has 2 aromatic heterocycles. The van der Waals surface area contributed by atoms with E-state index in [0.717, 1.165) is 0 Å². The number of nitrogens with one attached hydrogen (secondary N) is 1. The van der Waals surface area contributed by atoms with E-state index in [4.69, 9.17) is 0 Å². The molecule has 0 aliphatic heterocycles. The third kappa shape index (κ3) is 2.31. The Labute approximate surface area is 120 Å². The van der Waals surface area contributed by atoms with Crippen LogP contribution in [0, 0.1) is 5.82 Å². The van der Waals surface area contributed by atoms with E-state index in [1.54, 1.807) is 36.1 Å². The molecule has 0 fully saturated rings. The minimum atomic E-state index is -0.358. The molecule has 0 spiro atoms. The highest BCUT2D eigenvalue weighted by molar-refractivity contribution is 5.97. The molecule has 1 aromatic carbocycles. The van der Waals surface area contributed by atoms with Gasteiger partial charge in [0.2, 0.25) is 0 Å². The van der Waals surface area contributed by atoms with Crippen LogP contribution >= 0.6 is 0 Å². The number of halogens is 1. The van der Waals surface area contributed by atoms with Gasteiger partial charge in [-0.15, -0.1) is 0 Å². The average molecular weight is 284 g/mol. The summed E-state index contributed by atoms with van der Waals surface area (Å²) in [6.45, 7) is 0. The predicted molar refractivity (Wildman–Crippen MR) is 76.2 cm³/mol. The Morgan fingerprint density at radius 3 is 2.67 bits per heavy atom. The van der Waals surface area contributed by atoms with Crippen LogP contribution < -0.4 is 5.32 Å². The molecule has 5 nitrogen and oxygen atoms in total. The molecule has 0 unspecified atom stereocenters. The molecule has 1 amide bonds. The van der Waals surface area contributed by atoms with E-state index >= 15 is 0 Å². The monoisotopic (exact) mass is 284 g/mol. The van der Waals surface area contributed by atoms with Crippen LogP contribution in [-0.2, 0) is 0 Å². The maximum Gasteiger partial charge on any atom is 0.256 e. The summed E-state index contributed by atoms with van der Waals surface area (Å²) in [6, 6.07) is 9.75. The van der Waals surface area contributed by atoms with Gasteiger partial charge in [0.1, 0.15) is 11.4 Å². The Morgan fingerprint density at radius 1 is 1.24 bits per heavy atom. The Kier molecular flexibility index (Phi) is 3.27. The van der Waals surface area contributed by atoms with E-state index in [1.807, 2.05) is 12.1 Å². The number of aromatic nitrogens is 3. The molecule has 0 aliphatic rings. The van der Waals surface area contributed by atoms with Crippen molar-refractivity contribution in [3.8, 4) is 11.5 Å². The fourth-order valence-corrected chi connectivity index (χ4v) is 2.16. The number of hydrogen-bond donors (Lipinski definition) is 1. The minimum Gasteiger partial charge on any atom is -0.355 e. The van der Waals surface area contributed by atoms with Gasteiger partial charge in [-0.25, -0.2) is 9.07 Å². The molecule has 2 heterocycles. The normalized spacial score (nSPS) is 10.6. The van der Waals surface area contributed by atoms with Crippen molar-refractivity contribution in [3.63, 3.8) is 0 Å². The van der Waals surface area contributed by atoms with Crippen molar-refractivity contribution in [3.05, 3.63) is 66.4 Å². The van der Waals surface area contributed by atoms with Gasteiger partial charge in [-0.2, -0.15) is 5.10 Å². The lowest BCUT2D eigenvalue weighted by molar-refractivity contribution is 0.0963. The molecular formula is C15H13FN4O. The van der Waals surface area contributed by atoms with Crippen molar-refractivity contribution in [2.24, 2.45) is 0 Å². The Bertz CT molecular complexity index is 777. The van der Waals surface area contributed by atoms with Gasteiger partial charge >= 0.3 is 0 Å². The van der Waals surface area contributed by atoms with Gasteiger partial charge in [-0.05, 0) is 30.3 Å². The lowest BCUT2D eigenvalue weighted by Crippen LogP contribution is -2.19. The topological polar surface area (TPSA) is 51.9 Å². The van der Waals surface area contributed by atoms with E-state index in [1.165, 1.54) is 23.0 Å². The molecule has 0 aliphatic carbocycles. The number of amides is 1. The van der Waals surface area contributed by atoms with Gasteiger partial charge in [0, 0.05) is 19.4 Å². The molecule has 3 rings (SSSR count). The SMILES string of the molecule is CNC(=O)c1cnn(-c2cccc(F)c2)c1-n1cccc1. The molecule has 0 saturated heterocycles. The van der Waals surface area contributed by atoms with Gasteiger partial charge in [-0.3, -0.25) is 4.79 Å². The third-order valence-electron chi connectivity index (χ3n) is 3.12. The summed E-state index contributed by atoms with van der Waals surface area (Å²) in [5, 5.41) is 6.80. The van der Waals surface area contributed by atoms with E-state index in [0.29, 0.717) is 17.1 Å². The fourth-order valence-electron chi connectivity index (χ4n) is 2.16. The first kappa shape index (κ1) is 13.1. The third-order valence-corrected chi connectivity index (χ3v) is 3.12. The number of benzene rings is 1. The first-order valence-electron chi connectivity index (χ1n) is 6.40. The highest BCUT2D eigenvalue weighted by atomic mass is 19.1. The highest BCUT2D eigenvalue weighted by Gasteiger charge is 2.18. The van der Waals surface area contributed by atoms with Crippen LogP contribution in [0.1, 0.15) is 10.4 Å². The second kappa shape index (κ2) is 5.24. The van der Waals surface area contributed by atoms with E-state index in [9.17, 15) is 9.18 Å². The van der Waals surface area contributed by atoms with Crippen LogP contribution in [0.3, 0.4) is 0 Å². The quantitative estimate of drug-likeness (QED) is 0.801. The number of carbonyl (C=O) groups is 1.